The topological polar surface area (TPSA) is 45.6 Å². The lowest BCUT2D eigenvalue weighted by Gasteiger charge is -2.28. The van der Waals surface area contributed by atoms with Gasteiger partial charge in [-0.15, -0.1) is 6.58 Å². The number of rotatable bonds is 12. The number of carbonyl (C=O) groups excluding carboxylic acids is 2. The lowest BCUT2D eigenvalue weighted by atomic mass is 10.1. The quantitative estimate of drug-likeness (QED) is 0.465. The van der Waals surface area contributed by atoms with Crippen LogP contribution >= 0.6 is 0 Å². The summed E-state index contributed by atoms with van der Waals surface area (Å²) < 4.78 is 2.02. The van der Waals surface area contributed by atoms with Gasteiger partial charge in [0.2, 0.25) is 5.91 Å². The van der Waals surface area contributed by atoms with E-state index >= 15 is 0 Å². The fourth-order valence-electron chi connectivity index (χ4n) is 3.57. The molecule has 0 unspecified atom stereocenters. The molecule has 0 fully saturated rings. The van der Waals surface area contributed by atoms with E-state index in [-0.39, 0.29) is 18.4 Å². The summed E-state index contributed by atoms with van der Waals surface area (Å²) in [6, 6.07) is 11.8. The van der Waals surface area contributed by atoms with Crippen LogP contribution in [-0.4, -0.2) is 45.8 Å². The van der Waals surface area contributed by atoms with Gasteiger partial charge in [-0.05, 0) is 48.6 Å². The van der Waals surface area contributed by atoms with Gasteiger partial charge >= 0.3 is 0 Å². The summed E-state index contributed by atoms with van der Waals surface area (Å²) in [7, 11) is 1.98. The van der Waals surface area contributed by atoms with Crippen LogP contribution in [0.1, 0.15) is 55.2 Å². The molecule has 5 nitrogen and oxygen atoms in total. The van der Waals surface area contributed by atoms with Crippen molar-refractivity contribution < 1.29 is 9.59 Å². The second kappa shape index (κ2) is 12.1. The molecule has 0 aliphatic heterocycles. The molecular formula is C26H37N3O2. The molecule has 0 saturated carbocycles. The van der Waals surface area contributed by atoms with E-state index in [0.717, 1.165) is 25.0 Å². The van der Waals surface area contributed by atoms with Gasteiger partial charge < -0.3 is 14.4 Å². The number of hydrogen-bond acceptors (Lipinski definition) is 2. The van der Waals surface area contributed by atoms with Crippen LogP contribution in [-0.2, 0) is 24.8 Å². The van der Waals surface area contributed by atoms with Crippen LogP contribution < -0.4 is 0 Å². The van der Waals surface area contributed by atoms with Crippen LogP contribution in [0.15, 0.2) is 55.3 Å². The maximum absolute atomic E-state index is 13.2. The van der Waals surface area contributed by atoms with Gasteiger partial charge in [0.1, 0.15) is 6.54 Å². The van der Waals surface area contributed by atoms with E-state index in [1.165, 1.54) is 5.56 Å². The third kappa shape index (κ3) is 7.42. The summed E-state index contributed by atoms with van der Waals surface area (Å²) in [5, 5.41) is 0. The molecule has 2 aromatic rings. The Morgan fingerprint density at radius 2 is 1.84 bits per heavy atom. The maximum Gasteiger partial charge on any atom is 0.254 e. The van der Waals surface area contributed by atoms with Crippen LogP contribution in [0.5, 0.6) is 0 Å². The highest BCUT2D eigenvalue weighted by molar-refractivity contribution is 5.96. The van der Waals surface area contributed by atoms with Gasteiger partial charge in [-0.1, -0.05) is 45.4 Å². The average Bonchev–Trinajstić information content (AvgIpc) is 3.15. The fraction of sp³-hybridized carbons (Fsp3) is 0.462. The number of carbonyl (C=O) groups is 2. The molecule has 0 aliphatic carbocycles. The van der Waals surface area contributed by atoms with Crippen LogP contribution in [0, 0.1) is 5.92 Å². The smallest absolute Gasteiger partial charge is 0.254 e. The number of amides is 2. The van der Waals surface area contributed by atoms with Gasteiger partial charge in [0.25, 0.3) is 5.91 Å². The molecule has 0 aliphatic rings. The molecule has 2 amide bonds. The molecule has 2 rings (SSSR count). The Morgan fingerprint density at radius 1 is 1.13 bits per heavy atom. The number of unbranched alkanes of at least 4 members (excludes halogenated alkanes) is 1. The van der Waals surface area contributed by atoms with E-state index in [0.29, 0.717) is 31.1 Å². The van der Waals surface area contributed by atoms with Gasteiger partial charge in [0.15, 0.2) is 0 Å². The summed E-state index contributed by atoms with van der Waals surface area (Å²) in [5.74, 6) is 0.145. The summed E-state index contributed by atoms with van der Waals surface area (Å²) in [6.07, 6.45) is 6.95. The summed E-state index contributed by atoms with van der Waals surface area (Å²) in [5.41, 5.74) is 2.90. The van der Waals surface area contributed by atoms with E-state index in [9.17, 15) is 9.59 Å². The van der Waals surface area contributed by atoms with Crippen LogP contribution in [0.25, 0.3) is 0 Å². The Morgan fingerprint density at radius 3 is 2.39 bits per heavy atom. The zero-order valence-corrected chi connectivity index (χ0v) is 19.5. The third-order valence-electron chi connectivity index (χ3n) is 5.33. The molecule has 168 valence electrons. The van der Waals surface area contributed by atoms with Crippen molar-refractivity contribution in [3.63, 3.8) is 0 Å². The number of hydrogen-bond donors (Lipinski definition) is 0. The first-order chi connectivity index (χ1) is 14.8. The van der Waals surface area contributed by atoms with Gasteiger partial charge in [0, 0.05) is 37.6 Å². The van der Waals surface area contributed by atoms with Crippen molar-refractivity contribution in [3.8, 4) is 0 Å². The number of benzene rings is 1. The molecule has 1 aromatic carbocycles. The Hall–Kier alpha value is -2.82. The van der Waals surface area contributed by atoms with Gasteiger partial charge in [-0.2, -0.15) is 0 Å². The second-order valence-electron chi connectivity index (χ2n) is 8.55. The minimum atomic E-state index is -0.140. The highest BCUT2D eigenvalue weighted by Gasteiger charge is 2.23. The van der Waals surface area contributed by atoms with Gasteiger partial charge in [0.05, 0.1) is 6.54 Å². The van der Waals surface area contributed by atoms with Crippen molar-refractivity contribution in [2.24, 2.45) is 13.0 Å². The normalized spacial score (nSPS) is 10.9. The van der Waals surface area contributed by atoms with Crippen LogP contribution in [0.4, 0.5) is 0 Å². The molecule has 1 aromatic heterocycles. The lowest BCUT2D eigenvalue weighted by molar-refractivity contribution is -0.133. The monoisotopic (exact) mass is 423 g/mol. The SMILES string of the molecule is C=CCN(CC(=O)N(Cc1cccn1C)CC(C)C)C(=O)c1ccc(CCCC)cc1. The van der Waals surface area contributed by atoms with E-state index in [1.807, 2.05) is 59.1 Å². The van der Waals surface area contributed by atoms with E-state index in [1.54, 1.807) is 11.0 Å². The molecule has 0 bridgehead atoms. The van der Waals surface area contributed by atoms with Crippen LogP contribution in [0.2, 0.25) is 0 Å². The molecule has 1 heterocycles. The number of nitrogens with zero attached hydrogens (tertiary/aromatic N) is 3. The van der Waals surface area contributed by atoms with E-state index in [2.05, 4.69) is 27.4 Å². The highest BCUT2D eigenvalue weighted by Crippen LogP contribution is 2.13. The standard InChI is InChI=1S/C26H37N3O2/c1-6-8-10-22-12-14-23(15-13-22)26(31)28(16-7-2)20-25(30)29(18-21(3)4)19-24-11-9-17-27(24)5/h7,9,11-15,17,21H,2,6,8,10,16,18-20H2,1,3-5H3. The predicted octanol–water partition coefficient (Wildman–Crippen LogP) is 4.68. The first-order valence-electron chi connectivity index (χ1n) is 11.2. The molecule has 0 radical (unpaired) electrons. The summed E-state index contributed by atoms with van der Waals surface area (Å²) in [6.45, 7) is 11.7. The van der Waals surface area contributed by atoms with Gasteiger partial charge in [-0.3, -0.25) is 9.59 Å². The lowest BCUT2D eigenvalue weighted by Crippen LogP contribution is -2.44. The maximum atomic E-state index is 13.2. The molecule has 0 saturated heterocycles. The van der Waals surface area contributed by atoms with Crippen molar-refractivity contribution in [1.82, 2.24) is 14.4 Å². The first-order valence-corrected chi connectivity index (χ1v) is 11.2. The zero-order chi connectivity index (χ0) is 22.8. The summed E-state index contributed by atoms with van der Waals surface area (Å²) in [4.78, 5) is 29.7. The van der Waals surface area contributed by atoms with Crippen molar-refractivity contribution in [2.75, 3.05) is 19.6 Å². The van der Waals surface area contributed by atoms with Crippen molar-refractivity contribution in [2.45, 2.75) is 46.6 Å². The zero-order valence-electron chi connectivity index (χ0n) is 19.5. The summed E-state index contributed by atoms with van der Waals surface area (Å²) >= 11 is 0. The Bertz CT molecular complexity index is 852. The minimum absolute atomic E-state index is 0.0413. The Labute approximate surface area is 187 Å². The van der Waals surface area contributed by atoms with E-state index < -0.39 is 0 Å². The molecule has 0 N–H and O–H groups in total. The van der Waals surface area contributed by atoms with Crippen LogP contribution in [0.3, 0.4) is 0 Å². The largest absolute Gasteiger partial charge is 0.353 e. The molecule has 5 heteroatoms. The first kappa shape index (κ1) is 24.4. The van der Waals surface area contributed by atoms with Crippen molar-refractivity contribution >= 4 is 11.8 Å². The highest BCUT2D eigenvalue weighted by atomic mass is 16.2. The average molecular weight is 424 g/mol. The second-order valence-corrected chi connectivity index (χ2v) is 8.55. The molecule has 0 spiro atoms. The Kier molecular flexibility index (Phi) is 9.57. The third-order valence-corrected chi connectivity index (χ3v) is 5.33. The van der Waals surface area contributed by atoms with Crippen molar-refractivity contribution in [1.29, 1.82) is 0 Å². The number of aryl methyl sites for hydroxylation is 2. The Balaban J connectivity index is 2.12. The number of aromatic nitrogens is 1. The molecular weight excluding hydrogens is 386 g/mol. The van der Waals surface area contributed by atoms with Gasteiger partial charge in [-0.25, -0.2) is 0 Å². The predicted molar refractivity (Wildman–Crippen MR) is 127 cm³/mol. The van der Waals surface area contributed by atoms with Crippen molar-refractivity contribution in [3.05, 3.63) is 72.1 Å². The minimum Gasteiger partial charge on any atom is -0.353 e. The fourth-order valence-corrected chi connectivity index (χ4v) is 3.57. The molecule has 31 heavy (non-hydrogen) atoms. The van der Waals surface area contributed by atoms with E-state index in [4.69, 9.17) is 0 Å². The molecule has 0 atom stereocenters.